The molecule has 1 heterocycles. The summed E-state index contributed by atoms with van der Waals surface area (Å²) in [4.78, 5) is 22.1. The van der Waals surface area contributed by atoms with Gasteiger partial charge in [-0.2, -0.15) is 0 Å². The zero-order chi connectivity index (χ0) is 12.3. The summed E-state index contributed by atoms with van der Waals surface area (Å²) in [5, 5.41) is 10.5. The molecule has 4 nitrogen and oxygen atoms in total. The first kappa shape index (κ1) is 11.6. The van der Waals surface area contributed by atoms with Gasteiger partial charge in [0.05, 0.1) is 13.0 Å². The van der Waals surface area contributed by atoms with E-state index in [9.17, 15) is 9.59 Å². The fraction of sp³-hybridized carbons (Fsp3) is 0.167. The predicted molar refractivity (Wildman–Crippen MR) is 65.5 cm³/mol. The van der Waals surface area contributed by atoms with Crippen molar-refractivity contribution in [3.63, 3.8) is 0 Å². The van der Waals surface area contributed by atoms with Crippen LogP contribution < -0.4 is 4.87 Å². The molecule has 2 aromatic rings. The molecule has 0 saturated carbocycles. The third kappa shape index (κ3) is 2.82. The standard InChI is InChI=1S/C12H11NO3S/c14-11(15)7-9-3-1-2-4-10(9)8-13-5-6-17-12(13)16/h1-6H,7-8H2,(H,14,15). The predicted octanol–water partition coefficient (Wildman–Crippen LogP) is 1.59. The van der Waals surface area contributed by atoms with Gasteiger partial charge in [0.1, 0.15) is 0 Å². The lowest BCUT2D eigenvalue weighted by Gasteiger charge is -2.07. The first-order valence-electron chi connectivity index (χ1n) is 5.09. The van der Waals surface area contributed by atoms with Gasteiger partial charge in [0.15, 0.2) is 0 Å². The maximum Gasteiger partial charge on any atom is 0.307 e. The highest BCUT2D eigenvalue weighted by Crippen LogP contribution is 2.11. The molecule has 1 aromatic heterocycles. The third-order valence-electron chi connectivity index (χ3n) is 2.44. The lowest BCUT2D eigenvalue weighted by molar-refractivity contribution is -0.136. The van der Waals surface area contributed by atoms with Gasteiger partial charge in [0.2, 0.25) is 0 Å². The molecule has 0 fully saturated rings. The number of thiazole rings is 1. The lowest BCUT2D eigenvalue weighted by Crippen LogP contribution is -2.14. The van der Waals surface area contributed by atoms with E-state index in [2.05, 4.69) is 0 Å². The Morgan fingerprint density at radius 1 is 1.29 bits per heavy atom. The molecule has 0 saturated heterocycles. The average Bonchev–Trinajstić information content (AvgIpc) is 2.67. The molecule has 0 amide bonds. The molecule has 0 bridgehead atoms. The van der Waals surface area contributed by atoms with E-state index in [4.69, 9.17) is 5.11 Å². The second-order valence-electron chi connectivity index (χ2n) is 3.64. The number of nitrogens with zero attached hydrogens (tertiary/aromatic N) is 1. The number of aliphatic carboxylic acids is 1. The molecule has 0 atom stereocenters. The normalized spacial score (nSPS) is 10.4. The van der Waals surface area contributed by atoms with Gasteiger partial charge in [-0.3, -0.25) is 9.59 Å². The van der Waals surface area contributed by atoms with Gasteiger partial charge in [0.25, 0.3) is 0 Å². The summed E-state index contributed by atoms with van der Waals surface area (Å²) < 4.78 is 1.57. The Morgan fingerprint density at radius 3 is 2.59 bits per heavy atom. The smallest absolute Gasteiger partial charge is 0.307 e. The summed E-state index contributed by atoms with van der Waals surface area (Å²) in [6.45, 7) is 0.422. The van der Waals surface area contributed by atoms with Gasteiger partial charge in [-0.15, -0.1) is 0 Å². The largest absolute Gasteiger partial charge is 0.481 e. The zero-order valence-electron chi connectivity index (χ0n) is 9.00. The molecule has 0 aliphatic heterocycles. The molecular weight excluding hydrogens is 238 g/mol. The van der Waals surface area contributed by atoms with E-state index in [1.54, 1.807) is 28.3 Å². The molecule has 5 heteroatoms. The van der Waals surface area contributed by atoms with Crippen molar-refractivity contribution in [3.05, 3.63) is 56.6 Å². The molecule has 0 spiro atoms. The summed E-state index contributed by atoms with van der Waals surface area (Å²) in [6.07, 6.45) is 1.69. The summed E-state index contributed by atoms with van der Waals surface area (Å²) in [6, 6.07) is 7.28. The number of hydrogen-bond donors (Lipinski definition) is 1. The Balaban J connectivity index is 2.29. The van der Waals surface area contributed by atoms with Crippen molar-refractivity contribution in [1.82, 2.24) is 4.57 Å². The van der Waals surface area contributed by atoms with E-state index in [1.165, 1.54) is 0 Å². The third-order valence-corrected chi connectivity index (χ3v) is 3.14. The minimum atomic E-state index is -0.866. The van der Waals surface area contributed by atoms with Crippen LogP contribution in [0.2, 0.25) is 0 Å². The van der Waals surface area contributed by atoms with Crippen LogP contribution in [0.4, 0.5) is 0 Å². The van der Waals surface area contributed by atoms with Crippen LogP contribution in [0.3, 0.4) is 0 Å². The zero-order valence-corrected chi connectivity index (χ0v) is 9.81. The molecule has 1 N–H and O–H groups in total. The number of rotatable bonds is 4. The molecule has 0 aliphatic carbocycles. The van der Waals surface area contributed by atoms with Crippen LogP contribution in [-0.4, -0.2) is 15.6 Å². The van der Waals surface area contributed by atoms with Crippen molar-refractivity contribution in [2.75, 3.05) is 0 Å². The number of hydrogen-bond acceptors (Lipinski definition) is 3. The van der Waals surface area contributed by atoms with E-state index in [1.807, 2.05) is 12.1 Å². The quantitative estimate of drug-likeness (QED) is 0.895. The van der Waals surface area contributed by atoms with Crippen LogP contribution >= 0.6 is 11.3 Å². The van der Waals surface area contributed by atoms with Gasteiger partial charge >= 0.3 is 10.8 Å². The van der Waals surface area contributed by atoms with Crippen LogP contribution in [-0.2, 0) is 17.8 Å². The Bertz CT molecular complexity index is 585. The summed E-state index contributed by atoms with van der Waals surface area (Å²) in [5.74, 6) is -0.866. The van der Waals surface area contributed by atoms with Crippen molar-refractivity contribution in [2.45, 2.75) is 13.0 Å². The minimum Gasteiger partial charge on any atom is -0.481 e. The highest BCUT2D eigenvalue weighted by Gasteiger charge is 2.07. The van der Waals surface area contributed by atoms with Gasteiger partial charge in [-0.1, -0.05) is 35.6 Å². The van der Waals surface area contributed by atoms with Crippen LogP contribution in [0, 0.1) is 0 Å². The number of aromatic nitrogens is 1. The maximum absolute atomic E-state index is 11.4. The van der Waals surface area contributed by atoms with Crippen molar-refractivity contribution < 1.29 is 9.90 Å². The first-order valence-corrected chi connectivity index (χ1v) is 5.97. The highest BCUT2D eigenvalue weighted by atomic mass is 32.1. The van der Waals surface area contributed by atoms with E-state index < -0.39 is 5.97 Å². The molecule has 88 valence electrons. The molecule has 2 rings (SSSR count). The van der Waals surface area contributed by atoms with Crippen molar-refractivity contribution in [3.8, 4) is 0 Å². The van der Waals surface area contributed by atoms with Crippen LogP contribution in [0.5, 0.6) is 0 Å². The lowest BCUT2D eigenvalue weighted by atomic mass is 10.0. The topological polar surface area (TPSA) is 59.3 Å². The maximum atomic E-state index is 11.4. The Kier molecular flexibility index (Phi) is 3.39. The van der Waals surface area contributed by atoms with Gasteiger partial charge in [0, 0.05) is 11.6 Å². The second kappa shape index (κ2) is 4.97. The Morgan fingerprint density at radius 2 is 2.00 bits per heavy atom. The van der Waals surface area contributed by atoms with Crippen molar-refractivity contribution in [1.29, 1.82) is 0 Å². The van der Waals surface area contributed by atoms with Gasteiger partial charge < -0.3 is 9.67 Å². The van der Waals surface area contributed by atoms with Crippen molar-refractivity contribution >= 4 is 17.3 Å². The number of carboxylic acids is 1. The second-order valence-corrected chi connectivity index (χ2v) is 4.49. The first-order chi connectivity index (χ1) is 8.16. The van der Waals surface area contributed by atoms with E-state index in [0.29, 0.717) is 6.54 Å². The van der Waals surface area contributed by atoms with Crippen LogP contribution in [0.1, 0.15) is 11.1 Å². The molecule has 17 heavy (non-hydrogen) atoms. The average molecular weight is 249 g/mol. The molecule has 0 aliphatic rings. The number of carboxylic acid groups (broad SMARTS) is 1. The SMILES string of the molecule is O=C(O)Cc1ccccc1Cn1ccsc1=O. The molecule has 1 aromatic carbocycles. The monoisotopic (exact) mass is 249 g/mol. The number of carbonyl (C=O) groups is 1. The van der Waals surface area contributed by atoms with Crippen molar-refractivity contribution in [2.24, 2.45) is 0 Å². The summed E-state index contributed by atoms with van der Waals surface area (Å²) >= 11 is 1.13. The summed E-state index contributed by atoms with van der Waals surface area (Å²) in [5.41, 5.74) is 1.62. The van der Waals surface area contributed by atoms with Gasteiger partial charge in [-0.25, -0.2) is 0 Å². The summed E-state index contributed by atoms with van der Waals surface area (Å²) in [7, 11) is 0. The van der Waals surface area contributed by atoms with E-state index >= 15 is 0 Å². The Labute approximate surface area is 102 Å². The minimum absolute atomic E-state index is 0.0188. The van der Waals surface area contributed by atoms with Crippen LogP contribution in [0.15, 0.2) is 40.6 Å². The van der Waals surface area contributed by atoms with E-state index in [0.717, 1.165) is 22.5 Å². The fourth-order valence-electron chi connectivity index (χ4n) is 1.64. The molecular formula is C12H11NO3S. The van der Waals surface area contributed by atoms with Crippen LogP contribution in [0.25, 0.3) is 0 Å². The van der Waals surface area contributed by atoms with Gasteiger partial charge in [-0.05, 0) is 11.1 Å². The molecule has 0 radical (unpaired) electrons. The highest BCUT2D eigenvalue weighted by molar-refractivity contribution is 7.07. The fourth-order valence-corrected chi connectivity index (χ4v) is 2.22. The van der Waals surface area contributed by atoms with E-state index in [-0.39, 0.29) is 11.3 Å². The molecule has 0 unspecified atom stereocenters. The number of benzene rings is 1. The Hall–Kier alpha value is -1.88.